The van der Waals surface area contributed by atoms with E-state index < -0.39 is 0 Å². The molecule has 7 heteroatoms. The molecule has 2 aromatic heterocycles. The largest absolute Gasteiger partial charge is 0.326 e. The number of carbonyl (C=O) groups is 1. The molecule has 2 aromatic carbocycles. The molecule has 1 N–H and O–H groups in total. The SMILES string of the molecule is Cc1c(Cl)cccc1NC(=O)CCCn1c(=O)c2cccn2c2ccc(Br)cc21. The molecule has 0 atom stereocenters. The number of halogens is 2. The van der Waals surface area contributed by atoms with Gasteiger partial charge in [-0.1, -0.05) is 33.6 Å². The summed E-state index contributed by atoms with van der Waals surface area (Å²) in [7, 11) is 0. The molecule has 0 bridgehead atoms. The van der Waals surface area contributed by atoms with Crippen molar-refractivity contribution in [3.63, 3.8) is 0 Å². The van der Waals surface area contributed by atoms with Crippen LogP contribution in [0.15, 0.2) is 64.0 Å². The lowest BCUT2D eigenvalue weighted by Gasteiger charge is -2.13. The number of nitrogens with zero attached hydrogens (tertiary/aromatic N) is 2. The first-order chi connectivity index (χ1) is 14.0. The van der Waals surface area contributed by atoms with E-state index in [0.717, 1.165) is 21.1 Å². The third-order valence-corrected chi connectivity index (χ3v) is 5.93. The molecule has 5 nitrogen and oxygen atoms in total. The minimum atomic E-state index is -0.0994. The van der Waals surface area contributed by atoms with Crippen LogP contribution in [0.25, 0.3) is 16.6 Å². The lowest BCUT2D eigenvalue weighted by atomic mass is 10.2. The Morgan fingerprint density at radius 3 is 2.76 bits per heavy atom. The van der Waals surface area contributed by atoms with Gasteiger partial charge in [-0.3, -0.25) is 9.59 Å². The Morgan fingerprint density at radius 1 is 1.10 bits per heavy atom. The number of nitrogens with one attached hydrogen (secondary N) is 1. The second-order valence-corrected chi connectivity index (χ2v) is 8.24. The molecular weight excluding hydrogens is 454 g/mol. The zero-order chi connectivity index (χ0) is 20.5. The Bertz CT molecular complexity index is 1290. The van der Waals surface area contributed by atoms with E-state index in [9.17, 15) is 9.59 Å². The van der Waals surface area contributed by atoms with Crippen molar-refractivity contribution in [1.82, 2.24) is 8.97 Å². The van der Waals surface area contributed by atoms with Crippen LogP contribution in [0.3, 0.4) is 0 Å². The van der Waals surface area contributed by atoms with E-state index in [1.165, 1.54) is 0 Å². The molecule has 148 valence electrons. The van der Waals surface area contributed by atoms with Crippen molar-refractivity contribution in [2.75, 3.05) is 5.32 Å². The van der Waals surface area contributed by atoms with E-state index in [0.29, 0.717) is 35.6 Å². The van der Waals surface area contributed by atoms with Gasteiger partial charge in [-0.2, -0.15) is 0 Å². The summed E-state index contributed by atoms with van der Waals surface area (Å²) in [5.41, 5.74) is 3.90. The number of carbonyl (C=O) groups excluding carboxylic acids is 1. The number of amides is 1. The van der Waals surface area contributed by atoms with Gasteiger partial charge in [0.05, 0.1) is 11.0 Å². The first kappa shape index (κ1) is 19.7. The van der Waals surface area contributed by atoms with Crippen LogP contribution in [0, 0.1) is 6.92 Å². The summed E-state index contributed by atoms with van der Waals surface area (Å²) in [6.07, 6.45) is 2.74. The van der Waals surface area contributed by atoms with Crippen LogP contribution in [0.5, 0.6) is 0 Å². The van der Waals surface area contributed by atoms with Gasteiger partial charge in [-0.15, -0.1) is 0 Å². The van der Waals surface area contributed by atoms with Crippen molar-refractivity contribution in [3.8, 4) is 0 Å². The minimum Gasteiger partial charge on any atom is -0.326 e. The number of benzene rings is 2. The van der Waals surface area contributed by atoms with Gasteiger partial charge in [0.1, 0.15) is 5.52 Å². The van der Waals surface area contributed by atoms with Gasteiger partial charge >= 0.3 is 0 Å². The summed E-state index contributed by atoms with van der Waals surface area (Å²) in [5, 5.41) is 3.52. The molecule has 0 spiro atoms. The van der Waals surface area contributed by atoms with Gasteiger partial charge < -0.3 is 14.3 Å². The maximum absolute atomic E-state index is 13.0. The average molecular weight is 473 g/mol. The third-order valence-electron chi connectivity index (χ3n) is 5.03. The average Bonchev–Trinajstić information content (AvgIpc) is 3.18. The standard InChI is InChI=1S/C22H19BrClN3O2/c1-14-16(24)5-2-6-17(14)25-21(28)8-4-12-27-20-13-15(23)9-10-18(20)26-11-3-7-19(26)22(27)29/h2-3,5-7,9-11,13H,4,8,12H2,1H3,(H,25,28). The molecule has 4 aromatic rings. The quantitative estimate of drug-likeness (QED) is 0.423. The van der Waals surface area contributed by atoms with Crippen LogP contribution in [0.1, 0.15) is 18.4 Å². The molecule has 0 aliphatic heterocycles. The van der Waals surface area contributed by atoms with Crippen LogP contribution < -0.4 is 10.9 Å². The Kier molecular flexibility index (Phi) is 5.48. The number of fused-ring (bicyclic) bond motifs is 3. The number of rotatable bonds is 5. The first-order valence-corrected chi connectivity index (χ1v) is 10.5. The lowest BCUT2D eigenvalue weighted by Crippen LogP contribution is -2.23. The molecule has 0 aliphatic carbocycles. The Labute approximate surface area is 181 Å². The number of aryl methyl sites for hydroxylation is 1. The highest BCUT2D eigenvalue weighted by Gasteiger charge is 2.12. The monoisotopic (exact) mass is 471 g/mol. The van der Waals surface area contributed by atoms with E-state index >= 15 is 0 Å². The smallest absolute Gasteiger partial charge is 0.275 e. The molecule has 0 saturated carbocycles. The fourth-order valence-corrected chi connectivity index (χ4v) is 4.03. The predicted octanol–water partition coefficient (Wildman–Crippen LogP) is 5.40. The number of anilines is 1. The van der Waals surface area contributed by atoms with Crippen molar-refractivity contribution < 1.29 is 4.79 Å². The lowest BCUT2D eigenvalue weighted by molar-refractivity contribution is -0.116. The summed E-state index contributed by atoms with van der Waals surface area (Å²) in [6.45, 7) is 2.32. The summed E-state index contributed by atoms with van der Waals surface area (Å²) >= 11 is 9.60. The van der Waals surface area contributed by atoms with Crippen LogP contribution in [-0.4, -0.2) is 14.9 Å². The number of aromatic nitrogens is 2. The van der Waals surface area contributed by atoms with Crippen LogP contribution in [0.4, 0.5) is 5.69 Å². The van der Waals surface area contributed by atoms with E-state index in [4.69, 9.17) is 11.6 Å². The van der Waals surface area contributed by atoms with Gasteiger partial charge in [0.15, 0.2) is 0 Å². The zero-order valence-corrected chi connectivity index (χ0v) is 18.1. The Morgan fingerprint density at radius 2 is 1.93 bits per heavy atom. The van der Waals surface area contributed by atoms with E-state index in [1.807, 2.05) is 53.9 Å². The first-order valence-electron chi connectivity index (χ1n) is 9.30. The van der Waals surface area contributed by atoms with Crippen LogP contribution >= 0.6 is 27.5 Å². The summed E-state index contributed by atoms with van der Waals surface area (Å²) in [5.74, 6) is -0.0994. The Balaban J connectivity index is 1.55. The van der Waals surface area contributed by atoms with E-state index in [-0.39, 0.29) is 11.5 Å². The highest BCUT2D eigenvalue weighted by Crippen LogP contribution is 2.23. The zero-order valence-electron chi connectivity index (χ0n) is 15.8. The molecule has 2 heterocycles. The van der Waals surface area contributed by atoms with E-state index in [2.05, 4.69) is 21.2 Å². The van der Waals surface area contributed by atoms with Crippen molar-refractivity contribution >= 4 is 55.7 Å². The molecule has 0 saturated heterocycles. The minimum absolute atomic E-state index is 0.0632. The van der Waals surface area contributed by atoms with Gasteiger partial charge in [-0.05, 0) is 61.4 Å². The van der Waals surface area contributed by atoms with Crippen molar-refractivity contribution in [2.45, 2.75) is 26.3 Å². The summed E-state index contributed by atoms with van der Waals surface area (Å²) in [6, 6.07) is 15.0. The van der Waals surface area contributed by atoms with Crippen molar-refractivity contribution in [1.29, 1.82) is 0 Å². The molecule has 0 aliphatic rings. The predicted molar refractivity (Wildman–Crippen MR) is 121 cm³/mol. The fourth-order valence-electron chi connectivity index (χ4n) is 3.50. The highest BCUT2D eigenvalue weighted by molar-refractivity contribution is 9.10. The molecule has 4 rings (SSSR count). The van der Waals surface area contributed by atoms with Gasteiger partial charge in [0.25, 0.3) is 5.56 Å². The van der Waals surface area contributed by atoms with Crippen LogP contribution in [-0.2, 0) is 11.3 Å². The molecule has 1 amide bonds. The van der Waals surface area contributed by atoms with Gasteiger partial charge in [0, 0.05) is 34.3 Å². The van der Waals surface area contributed by atoms with Crippen LogP contribution in [0.2, 0.25) is 5.02 Å². The Hall–Kier alpha value is -2.57. The highest BCUT2D eigenvalue weighted by atomic mass is 79.9. The maximum atomic E-state index is 13.0. The molecule has 0 unspecified atom stereocenters. The molecule has 0 radical (unpaired) electrons. The van der Waals surface area contributed by atoms with Crippen molar-refractivity contribution in [2.24, 2.45) is 0 Å². The molecule has 0 fully saturated rings. The van der Waals surface area contributed by atoms with Gasteiger partial charge in [-0.25, -0.2) is 0 Å². The third kappa shape index (κ3) is 3.82. The molecular formula is C22H19BrClN3O2. The second-order valence-electron chi connectivity index (χ2n) is 6.92. The fraction of sp³-hybridized carbons (Fsp3) is 0.182. The topological polar surface area (TPSA) is 55.5 Å². The van der Waals surface area contributed by atoms with Crippen molar-refractivity contribution in [3.05, 3.63) is 80.1 Å². The number of hydrogen-bond acceptors (Lipinski definition) is 2. The van der Waals surface area contributed by atoms with Gasteiger partial charge in [0.2, 0.25) is 5.91 Å². The summed E-state index contributed by atoms with van der Waals surface area (Å²) < 4.78 is 4.54. The molecule has 29 heavy (non-hydrogen) atoms. The normalized spacial score (nSPS) is 11.3. The van der Waals surface area contributed by atoms with E-state index in [1.54, 1.807) is 16.7 Å². The second kappa shape index (κ2) is 8.05. The number of hydrogen-bond donors (Lipinski definition) is 1. The summed E-state index contributed by atoms with van der Waals surface area (Å²) in [4.78, 5) is 25.4. The maximum Gasteiger partial charge on any atom is 0.275 e.